The van der Waals surface area contributed by atoms with E-state index < -0.39 is 0 Å². The van der Waals surface area contributed by atoms with Gasteiger partial charge in [0, 0.05) is 12.7 Å². The summed E-state index contributed by atoms with van der Waals surface area (Å²) in [6, 6.07) is 7.81. The van der Waals surface area contributed by atoms with Crippen molar-refractivity contribution in [2.45, 2.75) is 19.7 Å². The molecule has 0 unspecified atom stereocenters. The Kier molecular flexibility index (Phi) is 4.88. The highest BCUT2D eigenvalue weighted by molar-refractivity contribution is 5.26. The second-order valence-electron chi connectivity index (χ2n) is 4.08. The Hall–Kier alpha value is -1.92. The van der Waals surface area contributed by atoms with Crippen LogP contribution in [-0.4, -0.2) is 28.7 Å². The fourth-order valence-electron chi connectivity index (χ4n) is 1.61. The predicted molar refractivity (Wildman–Crippen MR) is 70.6 cm³/mol. The van der Waals surface area contributed by atoms with E-state index in [9.17, 15) is 0 Å². The van der Waals surface area contributed by atoms with Crippen molar-refractivity contribution in [1.82, 2.24) is 15.0 Å². The Morgan fingerprint density at radius 1 is 1.26 bits per heavy atom. The maximum atomic E-state index is 5.58. The van der Waals surface area contributed by atoms with E-state index in [1.807, 2.05) is 30.5 Å². The van der Waals surface area contributed by atoms with E-state index in [0.29, 0.717) is 26.3 Å². The van der Waals surface area contributed by atoms with Crippen LogP contribution in [0.25, 0.3) is 0 Å². The van der Waals surface area contributed by atoms with E-state index in [4.69, 9.17) is 15.2 Å². The van der Waals surface area contributed by atoms with Gasteiger partial charge in [0.15, 0.2) is 0 Å². The smallest absolute Gasteiger partial charge is 0.118 e. The summed E-state index contributed by atoms with van der Waals surface area (Å²) in [6.45, 7) is 2.23. The topological polar surface area (TPSA) is 75.2 Å². The van der Waals surface area contributed by atoms with Crippen molar-refractivity contribution < 1.29 is 9.47 Å². The minimum absolute atomic E-state index is 0.409. The molecule has 0 bridgehead atoms. The van der Waals surface area contributed by atoms with Crippen LogP contribution in [0.4, 0.5) is 0 Å². The molecule has 2 rings (SSSR count). The molecule has 2 aromatic rings. The molecule has 0 atom stereocenters. The van der Waals surface area contributed by atoms with Crippen LogP contribution in [0.5, 0.6) is 5.75 Å². The van der Waals surface area contributed by atoms with E-state index in [1.54, 1.807) is 11.8 Å². The zero-order valence-electron chi connectivity index (χ0n) is 11.0. The second kappa shape index (κ2) is 6.86. The summed E-state index contributed by atoms with van der Waals surface area (Å²) in [7, 11) is 1.65. The maximum Gasteiger partial charge on any atom is 0.118 e. The molecule has 6 nitrogen and oxygen atoms in total. The van der Waals surface area contributed by atoms with Gasteiger partial charge in [-0.3, -0.25) is 0 Å². The summed E-state index contributed by atoms with van der Waals surface area (Å²) in [4.78, 5) is 0. The van der Waals surface area contributed by atoms with E-state index in [1.165, 1.54) is 0 Å². The van der Waals surface area contributed by atoms with Crippen LogP contribution in [-0.2, 0) is 24.4 Å². The van der Waals surface area contributed by atoms with Gasteiger partial charge < -0.3 is 15.2 Å². The average Bonchev–Trinajstić information content (AvgIpc) is 2.92. The summed E-state index contributed by atoms with van der Waals surface area (Å²) in [5.74, 6) is 0.848. The molecule has 2 N–H and O–H groups in total. The molecule has 0 radical (unpaired) electrons. The second-order valence-corrected chi connectivity index (χ2v) is 4.08. The molecule has 6 heteroatoms. The lowest BCUT2D eigenvalue weighted by Crippen LogP contribution is -2.06. The van der Waals surface area contributed by atoms with E-state index in [2.05, 4.69) is 10.3 Å². The van der Waals surface area contributed by atoms with Gasteiger partial charge in [0.05, 0.1) is 32.6 Å². The molecule has 1 aromatic carbocycles. The molecule has 0 saturated heterocycles. The lowest BCUT2D eigenvalue weighted by atomic mass is 10.2. The third-order valence-electron chi connectivity index (χ3n) is 2.69. The molecule has 0 saturated carbocycles. The van der Waals surface area contributed by atoms with Gasteiger partial charge in [-0.25, -0.2) is 4.68 Å². The molecule has 19 heavy (non-hydrogen) atoms. The molecule has 1 aromatic heterocycles. The standard InChI is InChI=1S/C13H18N4O2/c1-18-13-4-2-11(3-5-13)10-19-7-6-17-9-12(8-14)15-16-17/h2-5,9H,6-8,10,14H2,1H3. The molecule has 0 aliphatic carbocycles. The number of benzene rings is 1. The molecular weight excluding hydrogens is 244 g/mol. The number of nitrogens with zero attached hydrogens (tertiary/aromatic N) is 3. The molecular formula is C13H18N4O2. The van der Waals surface area contributed by atoms with Crippen LogP contribution in [0.15, 0.2) is 30.5 Å². The summed E-state index contributed by atoms with van der Waals surface area (Å²) in [5.41, 5.74) is 7.36. The highest BCUT2D eigenvalue weighted by Gasteiger charge is 1.99. The number of ether oxygens (including phenoxy) is 2. The fourth-order valence-corrected chi connectivity index (χ4v) is 1.61. The van der Waals surface area contributed by atoms with Crippen molar-refractivity contribution in [2.75, 3.05) is 13.7 Å². The Bertz CT molecular complexity index is 496. The summed E-state index contributed by atoms with van der Waals surface area (Å²) < 4.78 is 12.4. The van der Waals surface area contributed by atoms with E-state index in [-0.39, 0.29) is 0 Å². The molecule has 0 amide bonds. The number of methoxy groups -OCH3 is 1. The SMILES string of the molecule is COc1ccc(COCCn2cc(CN)nn2)cc1. The van der Waals surface area contributed by atoms with Crippen LogP contribution >= 0.6 is 0 Å². The molecule has 1 heterocycles. The first-order valence-corrected chi connectivity index (χ1v) is 6.11. The first-order valence-electron chi connectivity index (χ1n) is 6.11. The van der Waals surface area contributed by atoms with Gasteiger partial charge in [-0.05, 0) is 17.7 Å². The third-order valence-corrected chi connectivity index (χ3v) is 2.69. The van der Waals surface area contributed by atoms with Crippen LogP contribution < -0.4 is 10.5 Å². The van der Waals surface area contributed by atoms with Crippen LogP contribution in [0.1, 0.15) is 11.3 Å². The van der Waals surface area contributed by atoms with Crippen LogP contribution in [0.2, 0.25) is 0 Å². The van der Waals surface area contributed by atoms with Gasteiger partial charge >= 0.3 is 0 Å². The van der Waals surface area contributed by atoms with Crippen molar-refractivity contribution >= 4 is 0 Å². The van der Waals surface area contributed by atoms with Crippen LogP contribution in [0.3, 0.4) is 0 Å². The van der Waals surface area contributed by atoms with Crippen LogP contribution in [0, 0.1) is 0 Å². The lowest BCUT2D eigenvalue weighted by molar-refractivity contribution is 0.110. The maximum absolute atomic E-state index is 5.58. The van der Waals surface area contributed by atoms with Crippen molar-refractivity contribution in [3.8, 4) is 5.75 Å². The molecule has 0 spiro atoms. The Labute approximate surface area is 112 Å². The summed E-state index contributed by atoms with van der Waals surface area (Å²) in [6.07, 6.45) is 1.83. The number of hydrogen-bond acceptors (Lipinski definition) is 5. The number of rotatable bonds is 7. The first-order chi connectivity index (χ1) is 9.31. The minimum Gasteiger partial charge on any atom is -0.497 e. The molecule has 0 aliphatic heterocycles. The number of nitrogens with two attached hydrogens (primary N) is 1. The minimum atomic E-state index is 0.409. The Morgan fingerprint density at radius 3 is 2.68 bits per heavy atom. The van der Waals surface area contributed by atoms with Gasteiger partial charge in [-0.1, -0.05) is 17.3 Å². The van der Waals surface area contributed by atoms with Gasteiger partial charge in [0.1, 0.15) is 5.75 Å². The van der Waals surface area contributed by atoms with E-state index in [0.717, 1.165) is 17.0 Å². The largest absolute Gasteiger partial charge is 0.497 e. The number of hydrogen-bond donors (Lipinski definition) is 1. The first kappa shape index (κ1) is 13.5. The van der Waals surface area contributed by atoms with Gasteiger partial charge in [-0.15, -0.1) is 5.10 Å². The van der Waals surface area contributed by atoms with Crippen molar-refractivity contribution in [3.63, 3.8) is 0 Å². The average molecular weight is 262 g/mol. The highest BCUT2D eigenvalue weighted by Crippen LogP contribution is 2.11. The van der Waals surface area contributed by atoms with Crippen molar-refractivity contribution in [2.24, 2.45) is 5.73 Å². The van der Waals surface area contributed by atoms with Gasteiger partial charge in [-0.2, -0.15) is 0 Å². The van der Waals surface area contributed by atoms with E-state index >= 15 is 0 Å². The monoisotopic (exact) mass is 262 g/mol. The molecule has 102 valence electrons. The van der Waals surface area contributed by atoms with Gasteiger partial charge in [0.25, 0.3) is 0 Å². The van der Waals surface area contributed by atoms with Gasteiger partial charge in [0.2, 0.25) is 0 Å². The third kappa shape index (κ3) is 4.04. The Balaban J connectivity index is 1.71. The quantitative estimate of drug-likeness (QED) is 0.752. The summed E-state index contributed by atoms with van der Waals surface area (Å²) >= 11 is 0. The van der Waals surface area contributed by atoms with Crippen molar-refractivity contribution in [3.05, 3.63) is 41.7 Å². The normalized spacial score (nSPS) is 10.6. The summed E-state index contributed by atoms with van der Waals surface area (Å²) in [5, 5.41) is 7.85. The Morgan fingerprint density at radius 2 is 2.05 bits per heavy atom. The van der Waals surface area contributed by atoms with Crippen molar-refractivity contribution in [1.29, 1.82) is 0 Å². The fraction of sp³-hybridized carbons (Fsp3) is 0.385. The lowest BCUT2D eigenvalue weighted by Gasteiger charge is -2.05. The number of aromatic nitrogens is 3. The zero-order valence-corrected chi connectivity index (χ0v) is 11.0. The zero-order chi connectivity index (χ0) is 13.5. The highest BCUT2D eigenvalue weighted by atomic mass is 16.5. The molecule has 0 aliphatic rings. The molecule has 0 fully saturated rings. The predicted octanol–water partition coefficient (Wildman–Crippen LogP) is 0.962.